The Morgan fingerprint density at radius 2 is 2.20 bits per heavy atom. The van der Waals surface area contributed by atoms with Gasteiger partial charge in [-0.1, -0.05) is 6.92 Å². The predicted molar refractivity (Wildman–Crippen MR) is 47.5 cm³/mol. The molecule has 0 radical (unpaired) electrons. The molecule has 0 rings (SSSR count). The fourth-order valence-electron chi connectivity index (χ4n) is 0.669. The van der Waals surface area contributed by atoms with Gasteiger partial charge in [-0.25, -0.2) is 0 Å². The second-order valence-corrected chi connectivity index (χ2v) is 3.29. The van der Waals surface area contributed by atoms with Crippen LogP contribution in [0.3, 0.4) is 0 Å². The number of rotatable bonds is 6. The Balaban J connectivity index is 3.21. The van der Waals surface area contributed by atoms with Gasteiger partial charge in [-0.3, -0.25) is 0 Å². The van der Waals surface area contributed by atoms with Crippen LogP contribution < -0.4 is 5.73 Å². The molecule has 62 valence electrons. The van der Waals surface area contributed by atoms with Gasteiger partial charge in [-0.2, -0.15) is 11.8 Å². The molecule has 0 heterocycles. The Morgan fingerprint density at radius 3 is 2.60 bits per heavy atom. The van der Waals surface area contributed by atoms with Crippen LogP contribution in [0.15, 0.2) is 0 Å². The molecule has 0 aliphatic carbocycles. The van der Waals surface area contributed by atoms with Crippen molar-refractivity contribution in [2.75, 3.05) is 24.7 Å². The molecule has 10 heavy (non-hydrogen) atoms. The molecule has 3 heteroatoms. The van der Waals surface area contributed by atoms with E-state index in [1.807, 2.05) is 18.7 Å². The van der Waals surface area contributed by atoms with Gasteiger partial charge >= 0.3 is 0 Å². The van der Waals surface area contributed by atoms with Gasteiger partial charge < -0.3 is 10.5 Å². The topological polar surface area (TPSA) is 35.2 Å². The molecular formula is C7H17NOS. The van der Waals surface area contributed by atoms with Crippen molar-refractivity contribution in [3.05, 3.63) is 0 Å². The van der Waals surface area contributed by atoms with Crippen LogP contribution in [-0.2, 0) is 4.74 Å². The van der Waals surface area contributed by atoms with Crippen LogP contribution in [0, 0.1) is 0 Å². The molecule has 0 saturated heterocycles. The lowest BCUT2D eigenvalue weighted by Crippen LogP contribution is -2.26. The lowest BCUT2D eigenvalue weighted by atomic mass is 10.4. The first-order chi connectivity index (χ1) is 4.85. The molecule has 0 spiro atoms. The molecule has 0 fully saturated rings. The molecule has 2 N–H and O–H groups in total. The Labute approximate surface area is 67.5 Å². The summed E-state index contributed by atoms with van der Waals surface area (Å²) in [6.07, 6.45) is 0.259. The summed E-state index contributed by atoms with van der Waals surface area (Å²) < 4.78 is 5.35. The summed E-state index contributed by atoms with van der Waals surface area (Å²) in [6, 6.07) is 0. The Kier molecular flexibility index (Phi) is 7.58. The van der Waals surface area contributed by atoms with E-state index in [4.69, 9.17) is 10.5 Å². The van der Waals surface area contributed by atoms with E-state index < -0.39 is 0 Å². The fourth-order valence-corrected chi connectivity index (χ4v) is 1.40. The molecule has 0 aromatic heterocycles. The van der Waals surface area contributed by atoms with Crippen molar-refractivity contribution in [2.45, 2.75) is 20.0 Å². The third kappa shape index (κ3) is 5.09. The van der Waals surface area contributed by atoms with Crippen LogP contribution in [-0.4, -0.2) is 30.8 Å². The maximum Gasteiger partial charge on any atom is 0.0787 e. The smallest absolute Gasteiger partial charge is 0.0787 e. The maximum atomic E-state index is 5.46. The average molecular weight is 163 g/mol. The highest BCUT2D eigenvalue weighted by atomic mass is 32.2. The third-order valence-corrected chi connectivity index (χ3v) is 2.19. The van der Waals surface area contributed by atoms with E-state index in [9.17, 15) is 0 Å². The zero-order valence-electron chi connectivity index (χ0n) is 6.80. The minimum Gasteiger partial charge on any atom is -0.376 e. The Hall–Kier alpha value is 0.270. The molecular weight excluding hydrogens is 146 g/mol. The Bertz CT molecular complexity index is 70.6. The average Bonchev–Trinajstić information content (AvgIpc) is 1.98. The SMILES string of the molecule is CCOC(CN)CSCC. The summed E-state index contributed by atoms with van der Waals surface area (Å²) in [5, 5.41) is 0. The zero-order chi connectivity index (χ0) is 7.82. The van der Waals surface area contributed by atoms with Crippen molar-refractivity contribution in [3.63, 3.8) is 0 Å². The van der Waals surface area contributed by atoms with Gasteiger partial charge in [0.05, 0.1) is 6.10 Å². The maximum absolute atomic E-state index is 5.46. The number of ether oxygens (including phenoxy) is 1. The Morgan fingerprint density at radius 1 is 1.50 bits per heavy atom. The standard InChI is InChI=1S/C7H17NOS/c1-3-9-7(5-8)6-10-4-2/h7H,3-6,8H2,1-2H3. The molecule has 0 saturated carbocycles. The van der Waals surface area contributed by atoms with Gasteiger partial charge in [-0.05, 0) is 12.7 Å². The lowest BCUT2D eigenvalue weighted by molar-refractivity contribution is 0.0859. The van der Waals surface area contributed by atoms with Crippen molar-refractivity contribution in [3.8, 4) is 0 Å². The highest BCUT2D eigenvalue weighted by Gasteiger charge is 2.03. The lowest BCUT2D eigenvalue weighted by Gasteiger charge is -2.12. The van der Waals surface area contributed by atoms with Gasteiger partial charge in [0, 0.05) is 18.9 Å². The number of hydrogen-bond donors (Lipinski definition) is 1. The van der Waals surface area contributed by atoms with Crippen molar-refractivity contribution in [1.82, 2.24) is 0 Å². The first-order valence-corrected chi connectivity index (χ1v) is 4.90. The second kappa shape index (κ2) is 7.38. The van der Waals surface area contributed by atoms with Gasteiger partial charge in [0.25, 0.3) is 0 Å². The molecule has 0 aliphatic rings. The summed E-state index contributed by atoms with van der Waals surface area (Å²) >= 11 is 1.88. The summed E-state index contributed by atoms with van der Waals surface area (Å²) in [5.41, 5.74) is 5.46. The van der Waals surface area contributed by atoms with Crippen LogP contribution in [0.4, 0.5) is 0 Å². The highest BCUT2D eigenvalue weighted by Crippen LogP contribution is 2.03. The highest BCUT2D eigenvalue weighted by molar-refractivity contribution is 7.99. The van der Waals surface area contributed by atoms with Crippen molar-refractivity contribution in [2.24, 2.45) is 5.73 Å². The molecule has 0 amide bonds. The number of hydrogen-bond acceptors (Lipinski definition) is 3. The summed E-state index contributed by atoms with van der Waals surface area (Å²) in [4.78, 5) is 0. The molecule has 0 aromatic carbocycles. The van der Waals surface area contributed by atoms with Gasteiger partial charge in [-0.15, -0.1) is 0 Å². The fraction of sp³-hybridized carbons (Fsp3) is 1.00. The van der Waals surface area contributed by atoms with E-state index in [0.29, 0.717) is 6.54 Å². The van der Waals surface area contributed by atoms with Gasteiger partial charge in [0.2, 0.25) is 0 Å². The van der Waals surface area contributed by atoms with Crippen molar-refractivity contribution in [1.29, 1.82) is 0 Å². The monoisotopic (exact) mass is 163 g/mol. The van der Waals surface area contributed by atoms with E-state index >= 15 is 0 Å². The van der Waals surface area contributed by atoms with Crippen LogP contribution in [0.5, 0.6) is 0 Å². The minimum absolute atomic E-state index is 0.259. The largest absolute Gasteiger partial charge is 0.376 e. The molecule has 0 bridgehead atoms. The normalized spacial score (nSPS) is 13.5. The third-order valence-electron chi connectivity index (χ3n) is 1.17. The van der Waals surface area contributed by atoms with Crippen LogP contribution in [0.25, 0.3) is 0 Å². The van der Waals surface area contributed by atoms with Crippen LogP contribution in [0.2, 0.25) is 0 Å². The van der Waals surface area contributed by atoms with Crippen LogP contribution in [0.1, 0.15) is 13.8 Å². The summed E-state index contributed by atoms with van der Waals surface area (Å²) in [7, 11) is 0. The number of thioether (sulfide) groups is 1. The molecule has 2 nitrogen and oxygen atoms in total. The minimum atomic E-state index is 0.259. The molecule has 1 atom stereocenters. The van der Waals surface area contributed by atoms with Crippen molar-refractivity contribution < 1.29 is 4.74 Å². The summed E-state index contributed by atoms with van der Waals surface area (Å²) in [5.74, 6) is 2.17. The first kappa shape index (κ1) is 10.3. The quantitative estimate of drug-likeness (QED) is 0.637. The van der Waals surface area contributed by atoms with Gasteiger partial charge in [0.1, 0.15) is 0 Å². The molecule has 1 unspecified atom stereocenters. The summed E-state index contributed by atoms with van der Waals surface area (Å²) in [6.45, 7) is 5.55. The van der Waals surface area contributed by atoms with E-state index in [-0.39, 0.29) is 6.10 Å². The van der Waals surface area contributed by atoms with Crippen LogP contribution >= 0.6 is 11.8 Å². The van der Waals surface area contributed by atoms with Crippen molar-refractivity contribution >= 4 is 11.8 Å². The van der Waals surface area contributed by atoms with E-state index in [0.717, 1.165) is 18.1 Å². The van der Waals surface area contributed by atoms with E-state index in [2.05, 4.69) is 6.92 Å². The predicted octanol–water partition coefficient (Wildman–Crippen LogP) is 1.10. The molecule has 0 aliphatic heterocycles. The van der Waals surface area contributed by atoms with E-state index in [1.165, 1.54) is 0 Å². The van der Waals surface area contributed by atoms with E-state index in [1.54, 1.807) is 0 Å². The first-order valence-electron chi connectivity index (χ1n) is 3.74. The van der Waals surface area contributed by atoms with Gasteiger partial charge in [0.15, 0.2) is 0 Å². The molecule has 0 aromatic rings. The number of nitrogens with two attached hydrogens (primary N) is 1. The zero-order valence-corrected chi connectivity index (χ0v) is 7.62. The second-order valence-electron chi connectivity index (χ2n) is 1.97.